The molecule has 0 bridgehead atoms. The molecule has 1 aliphatic rings. The zero-order chi connectivity index (χ0) is 15.6. The number of aromatic nitrogens is 4. The van der Waals surface area contributed by atoms with Gasteiger partial charge in [0.2, 0.25) is 0 Å². The van der Waals surface area contributed by atoms with Crippen LogP contribution in [-0.2, 0) is 12.3 Å². The van der Waals surface area contributed by atoms with Gasteiger partial charge in [0, 0.05) is 34.5 Å². The first-order chi connectivity index (χ1) is 11.3. The number of nitrogens with zero attached hydrogens (tertiary/aromatic N) is 4. The Morgan fingerprint density at radius 1 is 1.35 bits per heavy atom. The normalized spacial score (nSPS) is 14.3. The third kappa shape index (κ3) is 3.27. The van der Waals surface area contributed by atoms with Crippen LogP contribution >= 0.6 is 34.4 Å². The maximum absolute atomic E-state index is 4.72. The van der Waals surface area contributed by atoms with E-state index in [-0.39, 0.29) is 0 Å². The first-order valence-corrected chi connectivity index (χ1v) is 10.3. The van der Waals surface area contributed by atoms with Crippen molar-refractivity contribution in [3.63, 3.8) is 0 Å². The van der Waals surface area contributed by atoms with Crippen molar-refractivity contribution in [2.75, 3.05) is 0 Å². The molecule has 3 aromatic heterocycles. The predicted molar refractivity (Wildman–Crippen MR) is 97.2 cm³/mol. The average Bonchev–Trinajstić information content (AvgIpc) is 2.97. The largest absolute Gasteiger partial charge is 0.302 e. The molecule has 0 unspecified atom stereocenters. The van der Waals surface area contributed by atoms with Crippen molar-refractivity contribution >= 4 is 34.4 Å². The Kier molecular flexibility index (Phi) is 4.33. The molecule has 0 saturated heterocycles. The van der Waals surface area contributed by atoms with Crippen LogP contribution in [0.2, 0.25) is 0 Å². The molecule has 0 radical (unpaired) electrons. The molecule has 1 aliphatic carbocycles. The first kappa shape index (κ1) is 15.1. The number of thiazole rings is 1. The zero-order valence-electron chi connectivity index (χ0n) is 12.5. The molecule has 0 amide bonds. The molecule has 3 heterocycles. The van der Waals surface area contributed by atoms with Crippen LogP contribution in [0, 0.1) is 0 Å². The summed E-state index contributed by atoms with van der Waals surface area (Å²) in [5, 5.41) is 17.2. The standard InChI is InChI=1S/C16H16N4S3/c1-2-6-20-14(11-3-4-11)18-19-16(20)23-10-13-9-22-15(17-13)12-5-7-21-8-12/h2,5,7-9,11H,1,3-4,6,10H2. The molecule has 0 N–H and O–H groups in total. The minimum atomic E-state index is 0.598. The third-order valence-electron chi connectivity index (χ3n) is 3.67. The number of thioether (sulfide) groups is 1. The lowest BCUT2D eigenvalue weighted by atomic mass is 10.4. The topological polar surface area (TPSA) is 43.6 Å². The van der Waals surface area contributed by atoms with E-state index in [9.17, 15) is 0 Å². The van der Waals surface area contributed by atoms with Crippen LogP contribution in [0.1, 0.15) is 30.3 Å². The Morgan fingerprint density at radius 3 is 3.00 bits per heavy atom. The van der Waals surface area contributed by atoms with Gasteiger partial charge in [0.05, 0.1) is 5.69 Å². The lowest BCUT2D eigenvalue weighted by Gasteiger charge is -2.06. The van der Waals surface area contributed by atoms with E-state index in [1.165, 1.54) is 18.4 Å². The molecule has 3 aromatic rings. The summed E-state index contributed by atoms with van der Waals surface area (Å²) in [7, 11) is 0. The lowest BCUT2D eigenvalue weighted by Crippen LogP contribution is -2.02. The highest BCUT2D eigenvalue weighted by atomic mass is 32.2. The van der Waals surface area contributed by atoms with E-state index in [2.05, 4.69) is 43.5 Å². The van der Waals surface area contributed by atoms with Crippen LogP contribution < -0.4 is 0 Å². The van der Waals surface area contributed by atoms with Gasteiger partial charge in [-0.3, -0.25) is 0 Å². The minimum Gasteiger partial charge on any atom is -0.302 e. The van der Waals surface area contributed by atoms with Gasteiger partial charge in [-0.1, -0.05) is 17.8 Å². The van der Waals surface area contributed by atoms with Gasteiger partial charge >= 0.3 is 0 Å². The van der Waals surface area contributed by atoms with Crippen LogP contribution in [0.3, 0.4) is 0 Å². The summed E-state index contributed by atoms with van der Waals surface area (Å²) < 4.78 is 2.20. The fourth-order valence-corrected chi connectivity index (χ4v) is 4.87. The van der Waals surface area contributed by atoms with Crippen molar-refractivity contribution < 1.29 is 0 Å². The van der Waals surface area contributed by atoms with Crippen molar-refractivity contribution in [2.24, 2.45) is 0 Å². The first-order valence-electron chi connectivity index (χ1n) is 7.49. The summed E-state index contributed by atoms with van der Waals surface area (Å²) in [5.41, 5.74) is 2.31. The van der Waals surface area contributed by atoms with E-state index < -0.39 is 0 Å². The Hall–Kier alpha value is -1.44. The van der Waals surface area contributed by atoms with Crippen molar-refractivity contribution in [1.82, 2.24) is 19.7 Å². The number of thiophene rings is 1. The Labute approximate surface area is 147 Å². The van der Waals surface area contributed by atoms with Gasteiger partial charge in [0.25, 0.3) is 0 Å². The van der Waals surface area contributed by atoms with Crippen LogP contribution in [0.15, 0.2) is 40.0 Å². The smallest absolute Gasteiger partial charge is 0.191 e. The van der Waals surface area contributed by atoms with Gasteiger partial charge in [0.1, 0.15) is 10.8 Å². The van der Waals surface area contributed by atoms with Gasteiger partial charge in [-0.05, 0) is 24.3 Å². The number of allylic oxidation sites excluding steroid dienone is 1. The van der Waals surface area contributed by atoms with E-state index in [1.807, 2.05) is 6.08 Å². The Balaban J connectivity index is 1.47. The van der Waals surface area contributed by atoms with E-state index in [0.717, 1.165) is 34.0 Å². The second-order valence-corrected chi connectivity index (χ2v) is 8.04. The maximum Gasteiger partial charge on any atom is 0.191 e. The van der Waals surface area contributed by atoms with Gasteiger partial charge in [-0.2, -0.15) is 11.3 Å². The quantitative estimate of drug-likeness (QED) is 0.447. The summed E-state index contributed by atoms with van der Waals surface area (Å²) in [5.74, 6) is 2.53. The molecule has 4 rings (SSSR count). The Morgan fingerprint density at radius 2 is 2.26 bits per heavy atom. The van der Waals surface area contributed by atoms with Gasteiger partial charge in [-0.15, -0.1) is 28.1 Å². The van der Waals surface area contributed by atoms with Crippen LogP contribution in [0.5, 0.6) is 0 Å². The number of rotatable bonds is 7. The SMILES string of the molecule is C=CCn1c(SCc2csc(-c3ccsc3)n2)nnc1C1CC1. The van der Waals surface area contributed by atoms with Crippen molar-refractivity contribution in [1.29, 1.82) is 0 Å². The van der Waals surface area contributed by atoms with E-state index >= 15 is 0 Å². The summed E-state index contributed by atoms with van der Waals surface area (Å²) in [6.45, 7) is 4.63. The fraction of sp³-hybridized carbons (Fsp3) is 0.312. The summed E-state index contributed by atoms with van der Waals surface area (Å²) in [6.07, 6.45) is 4.38. The average molecular weight is 361 g/mol. The summed E-state index contributed by atoms with van der Waals surface area (Å²) in [6, 6.07) is 2.11. The molecule has 1 saturated carbocycles. The summed E-state index contributed by atoms with van der Waals surface area (Å²) in [4.78, 5) is 4.72. The van der Waals surface area contributed by atoms with E-state index in [4.69, 9.17) is 4.98 Å². The van der Waals surface area contributed by atoms with Crippen molar-refractivity contribution in [3.8, 4) is 10.6 Å². The highest BCUT2D eigenvalue weighted by Crippen LogP contribution is 2.40. The molecule has 0 aliphatic heterocycles. The monoisotopic (exact) mass is 360 g/mol. The van der Waals surface area contributed by atoms with Crippen LogP contribution in [0.4, 0.5) is 0 Å². The molecule has 118 valence electrons. The lowest BCUT2D eigenvalue weighted by molar-refractivity contribution is 0.681. The second-order valence-electron chi connectivity index (χ2n) is 5.46. The van der Waals surface area contributed by atoms with E-state index in [0.29, 0.717) is 5.92 Å². The van der Waals surface area contributed by atoms with Crippen molar-refractivity contribution in [3.05, 3.63) is 46.4 Å². The highest BCUT2D eigenvalue weighted by molar-refractivity contribution is 7.98. The fourth-order valence-electron chi connectivity index (χ4n) is 2.38. The molecule has 1 fully saturated rings. The minimum absolute atomic E-state index is 0.598. The highest BCUT2D eigenvalue weighted by Gasteiger charge is 2.30. The number of hydrogen-bond donors (Lipinski definition) is 0. The zero-order valence-corrected chi connectivity index (χ0v) is 15.0. The van der Waals surface area contributed by atoms with Gasteiger partial charge < -0.3 is 4.57 Å². The maximum atomic E-state index is 4.72. The summed E-state index contributed by atoms with van der Waals surface area (Å²) >= 11 is 5.11. The molecule has 4 nitrogen and oxygen atoms in total. The molecule has 0 spiro atoms. The molecule has 23 heavy (non-hydrogen) atoms. The third-order valence-corrected chi connectivity index (χ3v) is 6.29. The second kappa shape index (κ2) is 6.59. The van der Waals surface area contributed by atoms with Crippen molar-refractivity contribution in [2.45, 2.75) is 36.2 Å². The number of hydrogen-bond acceptors (Lipinski definition) is 6. The van der Waals surface area contributed by atoms with Crippen LogP contribution in [0.25, 0.3) is 10.6 Å². The molecular weight excluding hydrogens is 344 g/mol. The van der Waals surface area contributed by atoms with E-state index in [1.54, 1.807) is 34.4 Å². The molecule has 0 aromatic carbocycles. The van der Waals surface area contributed by atoms with Gasteiger partial charge in [-0.25, -0.2) is 4.98 Å². The molecular formula is C16H16N4S3. The van der Waals surface area contributed by atoms with Gasteiger partial charge in [0.15, 0.2) is 5.16 Å². The predicted octanol–water partition coefficient (Wildman–Crippen LogP) is 4.82. The molecule has 7 heteroatoms. The van der Waals surface area contributed by atoms with Crippen LogP contribution in [-0.4, -0.2) is 19.7 Å². The Bertz CT molecular complexity index is 799. The molecule has 0 atom stereocenters.